The number of thiophene rings is 1. The van der Waals surface area contributed by atoms with Crippen LogP contribution in [0.3, 0.4) is 0 Å². The summed E-state index contributed by atoms with van der Waals surface area (Å²) in [6.07, 6.45) is 0. The number of para-hydroxylation sites is 6. The van der Waals surface area contributed by atoms with E-state index >= 15 is 0 Å². The van der Waals surface area contributed by atoms with Gasteiger partial charge in [-0.25, -0.2) is 0 Å². The number of hydrogen-bond donors (Lipinski definition) is 0. The molecule has 0 aliphatic carbocycles. The van der Waals surface area contributed by atoms with Gasteiger partial charge >= 0.3 is 0 Å². The van der Waals surface area contributed by atoms with Crippen LogP contribution in [0.25, 0.3) is 152 Å². The van der Waals surface area contributed by atoms with Crippen molar-refractivity contribution in [2.75, 3.05) is 9.80 Å². The first-order valence-corrected chi connectivity index (χ1v) is 38.0. The van der Waals surface area contributed by atoms with E-state index in [2.05, 4.69) is 112 Å². The molecule has 6 nitrogen and oxygen atoms in total. The SMILES string of the molecule is [2H]c1c([2H])c([2H])c2c(c1[2H])c1c([2H])c([2H])c([2H])c([2H])c1n2-c1ccc2c(c1)N(c1cc(-c3ccccc3)cc(-c3ccccc3)c1)c1cc(-n3c4c([2H])c([2H])c([2H])c([2H])c4c4c([2H])c([2H])c([2H])c([2H])c43)cc3c1B2c1ccc(-n2c4c([2H])c([2H])c([2H])c([2H])c4c4c([2H])c([2H])c([2H])c([2H])c42)cc1N3c1cccc2c1sc1c(-n3c4ccc(C(C)(C)C)cc4c4cc(C(C)(C)C)ccc43)cccc12. The number of anilines is 6. The summed E-state index contributed by atoms with van der Waals surface area (Å²) >= 11 is 1.53. The molecule has 0 amide bonds. The Morgan fingerprint density at radius 2 is 0.634 bits per heavy atom. The van der Waals surface area contributed by atoms with Gasteiger partial charge in [0.1, 0.15) is 0 Å². The van der Waals surface area contributed by atoms with Crippen molar-refractivity contribution >= 4 is 176 Å². The second-order valence-corrected chi connectivity index (χ2v) is 32.1. The van der Waals surface area contributed by atoms with E-state index in [-0.39, 0.29) is 93.3 Å². The second-order valence-electron chi connectivity index (χ2n) is 31.0. The number of aromatic nitrogens is 4. The number of benzene rings is 16. The molecular formula is C104H75BN6S. The Morgan fingerprint density at radius 3 is 1.06 bits per heavy atom. The van der Waals surface area contributed by atoms with E-state index in [0.29, 0.717) is 66.3 Å². The standard InChI is InChI=1S/C104H75BN6S/c1-103(2,3)68-47-53-92-82(58-68)83-59-69(104(4,5)6)48-54-93(83)110(92)94-45-25-37-80-81-38-26-46-95(102(81)112-101(80)94)111-97-61-71(107-88-41-21-15-33-76(88)77-34-16-22-42-89(77)107)50-52-85(97)105-84-51-49-70(106-86-39-19-13-31-74(86)75-32-14-20-40-87(75)106)60-96(84)109(72-56-66(64-27-9-7-10-28-64)55-67(57-72)65-29-11-8-12-30-65)98-62-73(63-99(111)100(98)105)108-90-43-23-17-35-78(90)79-36-18-24-44-91(79)108/h7-63H,1-6H3/i13D,14D,15D,16D,17D,18D,19D,20D,21D,22D,23D,24D,31D,32D,33D,34D,35D,36D,39D,40D,41D,42D,43D,44D. The quantitative estimate of drug-likeness (QED) is 0.142. The van der Waals surface area contributed by atoms with Gasteiger partial charge in [0.25, 0.3) is 6.71 Å². The van der Waals surface area contributed by atoms with E-state index in [1.165, 1.54) is 25.0 Å². The molecule has 0 spiro atoms. The largest absolute Gasteiger partial charge is 0.311 e. The van der Waals surface area contributed by atoms with Crippen molar-refractivity contribution in [2.45, 2.75) is 52.4 Å². The minimum atomic E-state index is -1.04. The van der Waals surface area contributed by atoms with E-state index in [0.717, 1.165) is 65.2 Å². The maximum Gasteiger partial charge on any atom is 0.252 e. The molecule has 7 heterocycles. The maximum absolute atomic E-state index is 10.2. The fourth-order valence-corrected chi connectivity index (χ4v) is 18.9. The number of hydrogen-bond acceptors (Lipinski definition) is 3. The van der Waals surface area contributed by atoms with Crippen LogP contribution in [-0.4, -0.2) is 25.0 Å². The molecule has 0 fully saturated rings. The van der Waals surface area contributed by atoms with E-state index < -0.39 is 152 Å². The van der Waals surface area contributed by atoms with Crippen LogP contribution < -0.4 is 26.2 Å². The highest BCUT2D eigenvalue weighted by Gasteiger charge is 2.45. The van der Waals surface area contributed by atoms with Crippen molar-refractivity contribution in [2.24, 2.45) is 0 Å². The van der Waals surface area contributed by atoms with Crippen molar-refractivity contribution < 1.29 is 32.9 Å². The normalized spacial score (nSPS) is 16.0. The van der Waals surface area contributed by atoms with Gasteiger partial charge in [0.05, 0.1) is 103 Å². The smallest absolute Gasteiger partial charge is 0.252 e. The van der Waals surface area contributed by atoms with Crippen LogP contribution >= 0.6 is 11.3 Å². The Bertz CT molecular complexity index is 8740. The third kappa shape index (κ3) is 9.52. The van der Waals surface area contributed by atoms with Gasteiger partial charge in [0.15, 0.2) is 0 Å². The predicted octanol–water partition coefficient (Wildman–Crippen LogP) is 26.5. The van der Waals surface area contributed by atoms with Gasteiger partial charge in [-0.3, -0.25) is 0 Å². The first-order chi connectivity index (χ1) is 64.8. The summed E-state index contributed by atoms with van der Waals surface area (Å²) in [5, 5.41) is 2.62. The molecule has 0 unspecified atom stereocenters. The zero-order valence-corrected chi connectivity index (χ0v) is 62.0. The molecule has 0 atom stereocenters. The highest BCUT2D eigenvalue weighted by atomic mass is 32.1. The molecular weight excluding hydrogens is 1380 g/mol. The lowest BCUT2D eigenvalue weighted by Crippen LogP contribution is -2.61. The number of rotatable bonds is 8. The van der Waals surface area contributed by atoms with Gasteiger partial charge in [-0.05, 0) is 188 Å². The summed E-state index contributed by atoms with van der Waals surface area (Å²) in [4.78, 5) is 4.07. The number of nitrogens with zero attached hydrogens (tertiary/aromatic N) is 6. The zero-order chi connectivity index (χ0) is 95.5. The molecule has 21 aromatic rings. The minimum absolute atomic E-state index is 0.0736. The molecule has 530 valence electrons. The van der Waals surface area contributed by atoms with Crippen molar-refractivity contribution in [1.29, 1.82) is 0 Å². The topological polar surface area (TPSA) is 26.2 Å². The lowest BCUT2D eigenvalue weighted by molar-refractivity contribution is 0.590. The van der Waals surface area contributed by atoms with Gasteiger partial charge in [-0.15, -0.1) is 11.3 Å². The Kier molecular flexibility index (Phi) is 9.65. The van der Waals surface area contributed by atoms with Gasteiger partial charge < -0.3 is 28.1 Å². The van der Waals surface area contributed by atoms with Crippen molar-refractivity contribution in [1.82, 2.24) is 18.3 Å². The summed E-state index contributed by atoms with van der Waals surface area (Å²) in [5.41, 5.74) is 10.9. The van der Waals surface area contributed by atoms with Crippen LogP contribution in [0.4, 0.5) is 34.1 Å². The minimum Gasteiger partial charge on any atom is -0.311 e. The first kappa shape index (κ1) is 44.9. The summed E-state index contributed by atoms with van der Waals surface area (Å²) in [6.45, 7) is 12.2. The highest BCUT2D eigenvalue weighted by molar-refractivity contribution is 7.27. The average Bonchev–Trinajstić information content (AvgIpc) is 1.27. The Balaban J connectivity index is 0.924. The Morgan fingerprint density at radius 1 is 0.259 bits per heavy atom. The molecule has 8 heteroatoms. The summed E-state index contributed by atoms with van der Waals surface area (Å²) in [5.74, 6) is 0. The van der Waals surface area contributed by atoms with Crippen LogP contribution in [0.15, 0.2) is 345 Å². The van der Waals surface area contributed by atoms with Gasteiger partial charge in [0, 0.05) is 93.7 Å². The molecule has 112 heavy (non-hydrogen) atoms. The lowest BCUT2D eigenvalue weighted by Gasteiger charge is -2.45. The van der Waals surface area contributed by atoms with E-state index in [4.69, 9.17) is 5.48 Å². The maximum atomic E-state index is 10.2. The Hall–Kier alpha value is -13.4. The van der Waals surface area contributed by atoms with E-state index in [1.54, 1.807) is 24.3 Å². The van der Waals surface area contributed by atoms with Gasteiger partial charge in [-0.2, -0.15) is 0 Å². The van der Waals surface area contributed by atoms with Crippen molar-refractivity contribution in [3.63, 3.8) is 0 Å². The molecule has 16 aromatic carbocycles. The molecule has 0 bridgehead atoms. The molecule has 23 rings (SSSR count). The highest BCUT2D eigenvalue weighted by Crippen LogP contribution is 2.53. The average molecular weight is 1480 g/mol. The first-order valence-electron chi connectivity index (χ1n) is 49.2. The third-order valence-corrected chi connectivity index (χ3v) is 24.0. The van der Waals surface area contributed by atoms with Crippen molar-refractivity contribution in [3.8, 4) is 45.0 Å². The third-order valence-electron chi connectivity index (χ3n) is 22.7. The number of fused-ring (bicyclic) bond motifs is 19. The monoisotopic (exact) mass is 1470 g/mol. The van der Waals surface area contributed by atoms with Crippen LogP contribution in [0, 0.1) is 0 Å². The predicted molar refractivity (Wildman–Crippen MR) is 479 cm³/mol. The molecule has 0 saturated carbocycles. The second kappa shape index (κ2) is 24.1. The molecule has 2 aliphatic heterocycles. The molecule has 5 aromatic heterocycles. The van der Waals surface area contributed by atoms with E-state index in [9.17, 15) is 27.4 Å². The van der Waals surface area contributed by atoms with Crippen LogP contribution in [-0.2, 0) is 10.8 Å². The molecule has 0 saturated heterocycles. The Labute approximate surface area is 687 Å². The van der Waals surface area contributed by atoms with E-state index in [1.807, 2.05) is 120 Å². The van der Waals surface area contributed by atoms with Crippen LogP contribution in [0.5, 0.6) is 0 Å². The summed E-state index contributed by atoms with van der Waals surface area (Å²) in [6, 6.07) is 50.7. The summed E-state index contributed by atoms with van der Waals surface area (Å²) in [7, 11) is 0. The molecule has 2 aliphatic rings. The fourth-order valence-electron chi connectivity index (χ4n) is 17.6. The van der Waals surface area contributed by atoms with Crippen molar-refractivity contribution in [3.05, 3.63) is 356 Å². The van der Waals surface area contributed by atoms with Crippen LogP contribution in [0.2, 0.25) is 0 Å². The van der Waals surface area contributed by atoms with Gasteiger partial charge in [-0.1, -0.05) is 260 Å². The lowest BCUT2D eigenvalue weighted by atomic mass is 9.33. The van der Waals surface area contributed by atoms with Crippen LogP contribution in [0.1, 0.15) is 85.6 Å². The fraction of sp³-hybridized carbons (Fsp3) is 0.0769. The molecule has 0 radical (unpaired) electrons. The summed E-state index contributed by atoms with van der Waals surface area (Å²) < 4.78 is 239. The zero-order valence-electron chi connectivity index (χ0n) is 85.2. The molecule has 0 N–H and O–H groups in total. The van der Waals surface area contributed by atoms with Gasteiger partial charge in [0.2, 0.25) is 0 Å².